The Morgan fingerprint density at radius 2 is 1.79 bits per heavy atom. The third-order valence-corrected chi connectivity index (χ3v) is 2.54. The minimum atomic E-state index is -4.53. The molecule has 0 amide bonds. The summed E-state index contributed by atoms with van der Waals surface area (Å²) in [6.45, 7) is 0. The van der Waals surface area contributed by atoms with E-state index >= 15 is 0 Å². The van der Waals surface area contributed by atoms with Gasteiger partial charge in [-0.1, -0.05) is 12.1 Å². The summed E-state index contributed by atoms with van der Waals surface area (Å²) in [6, 6.07) is 4.17. The Labute approximate surface area is 80.1 Å². The van der Waals surface area contributed by atoms with Gasteiger partial charge in [0, 0.05) is 0 Å². The van der Waals surface area contributed by atoms with Gasteiger partial charge in [-0.2, -0.15) is 8.42 Å². The fraction of sp³-hybridized carbons (Fsp3) is 0.125. The van der Waals surface area contributed by atoms with Crippen molar-refractivity contribution in [1.29, 1.82) is 0 Å². The summed E-state index contributed by atoms with van der Waals surface area (Å²) in [5, 5.41) is -1.77. The Bertz CT molecular complexity index is 423. The van der Waals surface area contributed by atoms with Crippen LogP contribution in [0.2, 0.25) is 0 Å². The summed E-state index contributed by atoms with van der Waals surface area (Å²) in [7, 11) is -4.53. The number of halogens is 1. The summed E-state index contributed by atoms with van der Waals surface area (Å²) in [6.07, 6.45) is 1.17. The van der Waals surface area contributed by atoms with Gasteiger partial charge in [-0.15, -0.1) is 0 Å². The highest BCUT2D eigenvalue weighted by molar-refractivity contribution is 7.86. The maximum atomic E-state index is 12.4. The highest BCUT2D eigenvalue weighted by Gasteiger charge is 2.25. The molecule has 0 saturated heterocycles. The molecule has 1 radical (unpaired) electrons. The van der Waals surface area contributed by atoms with Gasteiger partial charge in [-0.05, 0) is 17.7 Å². The summed E-state index contributed by atoms with van der Waals surface area (Å²) < 4.78 is 42.4. The summed E-state index contributed by atoms with van der Waals surface area (Å²) in [4.78, 5) is 10.3. The first-order chi connectivity index (χ1) is 6.45. The van der Waals surface area contributed by atoms with E-state index < -0.39 is 21.2 Å². The summed E-state index contributed by atoms with van der Waals surface area (Å²) in [5.74, 6) is -0.561. The first-order valence-corrected chi connectivity index (χ1v) is 5.05. The van der Waals surface area contributed by atoms with Crippen molar-refractivity contribution in [2.45, 2.75) is 5.25 Å². The number of rotatable bonds is 3. The summed E-state index contributed by atoms with van der Waals surface area (Å²) >= 11 is 0. The van der Waals surface area contributed by atoms with E-state index in [4.69, 9.17) is 4.55 Å². The first-order valence-electron chi connectivity index (χ1n) is 3.54. The molecule has 1 rings (SSSR count). The molecule has 14 heavy (non-hydrogen) atoms. The lowest BCUT2D eigenvalue weighted by Crippen LogP contribution is -2.13. The van der Waals surface area contributed by atoms with Crippen LogP contribution in [0.4, 0.5) is 4.39 Å². The van der Waals surface area contributed by atoms with E-state index in [1.165, 1.54) is 6.29 Å². The lowest BCUT2D eigenvalue weighted by molar-refractivity contribution is 0.474. The maximum Gasteiger partial charge on any atom is 0.279 e. The molecule has 0 aromatic heterocycles. The first kappa shape index (κ1) is 10.8. The van der Waals surface area contributed by atoms with E-state index in [1.807, 2.05) is 0 Å². The lowest BCUT2D eigenvalue weighted by Gasteiger charge is -2.05. The van der Waals surface area contributed by atoms with Crippen LogP contribution in [-0.2, 0) is 14.9 Å². The minimum Gasteiger partial charge on any atom is -0.289 e. The standard InChI is InChI=1S/C8H6FO4S/c9-7-3-1-6(2-4-7)8(5-10)14(11,12)13/h1-4,8H,(H,11,12,13). The largest absolute Gasteiger partial charge is 0.289 e. The molecule has 75 valence electrons. The zero-order valence-electron chi connectivity index (χ0n) is 6.84. The molecular weight excluding hydrogens is 211 g/mol. The van der Waals surface area contributed by atoms with Gasteiger partial charge in [0.2, 0.25) is 6.29 Å². The van der Waals surface area contributed by atoms with Crippen molar-refractivity contribution in [2.75, 3.05) is 0 Å². The third-order valence-electron chi connectivity index (χ3n) is 1.58. The van der Waals surface area contributed by atoms with E-state index in [-0.39, 0.29) is 5.56 Å². The Morgan fingerprint density at radius 1 is 1.29 bits per heavy atom. The van der Waals surface area contributed by atoms with E-state index in [1.54, 1.807) is 0 Å². The molecule has 0 heterocycles. The van der Waals surface area contributed by atoms with Crippen LogP contribution in [0.15, 0.2) is 24.3 Å². The second-order valence-electron chi connectivity index (χ2n) is 2.56. The van der Waals surface area contributed by atoms with Crippen molar-refractivity contribution < 1.29 is 22.2 Å². The number of carbonyl (C=O) groups excluding carboxylic acids is 1. The van der Waals surface area contributed by atoms with Crippen molar-refractivity contribution in [3.63, 3.8) is 0 Å². The van der Waals surface area contributed by atoms with Gasteiger partial charge in [-0.25, -0.2) is 4.39 Å². The third kappa shape index (κ3) is 2.36. The van der Waals surface area contributed by atoms with Gasteiger partial charge < -0.3 is 0 Å². The average molecular weight is 217 g/mol. The molecule has 1 aromatic rings. The highest BCUT2D eigenvalue weighted by Crippen LogP contribution is 2.19. The maximum absolute atomic E-state index is 12.4. The molecule has 1 N–H and O–H groups in total. The molecule has 0 aliphatic heterocycles. The van der Waals surface area contributed by atoms with Crippen molar-refractivity contribution in [3.8, 4) is 0 Å². The number of hydrogen-bond donors (Lipinski definition) is 1. The molecule has 1 atom stereocenters. The summed E-state index contributed by atoms with van der Waals surface area (Å²) in [5.41, 5.74) is -0.0242. The second kappa shape index (κ2) is 3.85. The van der Waals surface area contributed by atoms with Crippen LogP contribution in [-0.4, -0.2) is 19.3 Å². The Kier molecular flexibility index (Phi) is 2.97. The van der Waals surface area contributed by atoms with Gasteiger partial charge >= 0.3 is 0 Å². The zero-order valence-corrected chi connectivity index (χ0v) is 7.66. The minimum absolute atomic E-state index is 0.0242. The van der Waals surface area contributed by atoms with Crippen LogP contribution in [0.25, 0.3) is 0 Å². The Hall–Kier alpha value is -1.27. The second-order valence-corrected chi connectivity index (χ2v) is 4.07. The molecule has 4 nitrogen and oxygen atoms in total. The quantitative estimate of drug-likeness (QED) is 0.762. The van der Waals surface area contributed by atoms with Crippen molar-refractivity contribution in [3.05, 3.63) is 35.6 Å². The molecule has 6 heteroatoms. The van der Waals surface area contributed by atoms with Crippen LogP contribution in [0, 0.1) is 5.82 Å². The SMILES string of the molecule is O=[C]C(c1ccc(F)cc1)S(=O)(=O)O. The van der Waals surface area contributed by atoms with Crippen LogP contribution in [0.5, 0.6) is 0 Å². The Balaban J connectivity index is 3.15. The van der Waals surface area contributed by atoms with Crippen LogP contribution >= 0.6 is 0 Å². The Morgan fingerprint density at radius 3 is 2.14 bits per heavy atom. The molecule has 0 aliphatic carbocycles. The molecule has 0 fully saturated rings. The topological polar surface area (TPSA) is 71.4 Å². The van der Waals surface area contributed by atoms with E-state index in [0.717, 1.165) is 24.3 Å². The van der Waals surface area contributed by atoms with Crippen LogP contribution in [0.3, 0.4) is 0 Å². The molecule has 0 bridgehead atoms. The molecule has 0 aliphatic rings. The van der Waals surface area contributed by atoms with E-state index in [0.29, 0.717) is 0 Å². The van der Waals surface area contributed by atoms with Gasteiger partial charge in [0.15, 0.2) is 5.25 Å². The smallest absolute Gasteiger partial charge is 0.279 e. The highest BCUT2D eigenvalue weighted by atomic mass is 32.2. The van der Waals surface area contributed by atoms with E-state index in [2.05, 4.69) is 0 Å². The average Bonchev–Trinajstić information content (AvgIpc) is 2.07. The predicted octanol–water partition coefficient (Wildman–Crippen LogP) is 0.864. The van der Waals surface area contributed by atoms with Crippen LogP contribution < -0.4 is 0 Å². The van der Waals surface area contributed by atoms with Crippen molar-refractivity contribution in [2.24, 2.45) is 0 Å². The van der Waals surface area contributed by atoms with Crippen molar-refractivity contribution >= 4 is 16.4 Å². The zero-order chi connectivity index (χ0) is 10.8. The normalized spacial score (nSPS) is 13.6. The molecule has 0 saturated carbocycles. The van der Waals surface area contributed by atoms with Gasteiger partial charge in [0.25, 0.3) is 10.1 Å². The fourth-order valence-corrected chi connectivity index (χ4v) is 1.56. The molecule has 1 aromatic carbocycles. The number of benzene rings is 1. The van der Waals surface area contributed by atoms with Crippen molar-refractivity contribution in [1.82, 2.24) is 0 Å². The van der Waals surface area contributed by atoms with Gasteiger partial charge in [-0.3, -0.25) is 9.35 Å². The molecule has 0 spiro atoms. The molecule has 1 unspecified atom stereocenters. The lowest BCUT2D eigenvalue weighted by atomic mass is 10.2. The molecular formula is C8H6FO4S. The van der Waals surface area contributed by atoms with Gasteiger partial charge in [0.1, 0.15) is 5.82 Å². The monoisotopic (exact) mass is 217 g/mol. The number of hydrogen-bond acceptors (Lipinski definition) is 3. The predicted molar refractivity (Wildman–Crippen MR) is 46.4 cm³/mol. The van der Waals surface area contributed by atoms with E-state index in [9.17, 15) is 17.6 Å². The van der Waals surface area contributed by atoms with Crippen LogP contribution in [0.1, 0.15) is 10.8 Å². The van der Waals surface area contributed by atoms with Gasteiger partial charge in [0.05, 0.1) is 0 Å². The fourth-order valence-electron chi connectivity index (χ4n) is 0.938.